The van der Waals surface area contributed by atoms with E-state index in [0.717, 1.165) is 23.2 Å². The number of aldehydes is 1. The van der Waals surface area contributed by atoms with Crippen molar-refractivity contribution in [2.75, 3.05) is 0 Å². The van der Waals surface area contributed by atoms with Gasteiger partial charge in [-0.2, -0.15) is 0 Å². The number of rotatable bonds is 3. The van der Waals surface area contributed by atoms with Crippen LogP contribution in [0.1, 0.15) is 32.9 Å². The lowest BCUT2D eigenvalue weighted by Gasteiger charge is -2.01. The van der Waals surface area contributed by atoms with Crippen LogP contribution in [-0.4, -0.2) is 15.7 Å². The number of pyridine rings is 1. The number of benzene rings is 1. The van der Waals surface area contributed by atoms with Gasteiger partial charge in [0.05, 0.1) is 5.69 Å². The van der Waals surface area contributed by atoms with Crippen molar-refractivity contribution in [1.29, 1.82) is 0 Å². The lowest BCUT2D eigenvalue weighted by Crippen LogP contribution is -1.96. The molecule has 3 heteroatoms. The number of hydrogen-bond acceptors (Lipinski definition) is 2. The van der Waals surface area contributed by atoms with Crippen molar-refractivity contribution >= 4 is 11.9 Å². The van der Waals surface area contributed by atoms with Crippen LogP contribution in [0.5, 0.6) is 0 Å². The second-order valence-corrected chi connectivity index (χ2v) is 5.16. The number of fused-ring (bicyclic) bond motifs is 1. The average Bonchev–Trinajstić information content (AvgIpc) is 2.78. The van der Waals surface area contributed by atoms with E-state index >= 15 is 0 Å². The Hall–Kier alpha value is -2.42. The van der Waals surface area contributed by atoms with Crippen LogP contribution in [-0.2, 0) is 6.42 Å². The molecule has 0 atom stereocenters. The third kappa shape index (κ3) is 2.23. The predicted octanol–water partition coefficient (Wildman–Crippen LogP) is 3.35. The molecular weight excluding hydrogens is 248 g/mol. The summed E-state index contributed by atoms with van der Waals surface area (Å²) in [6.07, 6.45) is 3.52. The average molecular weight is 264 g/mol. The SMILES string of the molecule is Cc1ccc(Cc2nc3ccc(C)cn3c2C=O)cc1. The zero-order valence-corrected chi connectivity index (χ0v) is 11.6. The molecule has 0 fully saturated rings. The summed E-state index contributed by atoms with van der Waals surface area (Å²) in [5.74, 6) is 0. The van der Waals surface area contributed by atoms with Gasteiger partial charge < -0.3 is 0 Å². The second-order valence-electron chi connectivity index (χ2n) is 5.16. The van der Waals surface area contributed by atoms with Gasteiger partial charge in [-0.3, -0.25) is 9.20 Å². The fraction of sp³-hybridized carbons (Fsp3) is 0.176. The highest BCUT2D eigenvalue weighted by Crippen LogP contribution is 2.16. The Bertz CT molecular complexity index is 770. The van der Waals surface area contributed by atoms with Gasteiger partial charge in [0.25, 0.3) is 0 Å². The maximum absolute atomic E-state index is 11.4. The van der Waals surface area contributed by atoms with E-state index in [1.165, 1.54) is 11.1 Å². The van der Waals surface area contributed by atoms with E-state index in [-0.39, 0.29) is 0 Å². The molecule has 20 heavy (non-hydrogen) atoms. The number of aryl methyl sites for hydroxylation is 2. The molecule has 0 aliphatic carbocycles. The molecule has 0 N–H and O–H groups in total. The Labute approximate surface area is 117 Å². The molecule has 0 spiro atoms. The molecule has 0 saturated heterocycles. The predicted molar refractivity (Wildman–Crippen MR) is 79.3 cm³/mol. The minimum atomic E-state index is 0.643. The first-order valence-corrected chi connectivity index (χ1v) is 6.65. The topological polar surface area (TPSA) is 34.4 Å². The molecule has 0 unspecified atom stereocenters. The van der Waals surface area contributed by atoms with Gasteiger partial charge in [0, 0.05) is 12.6 Å². The summed E-state index contributed by atoms with van der Waals surface area (Å²) in [6.45, 7) is 4.07. The van der Waals surface area contributed by atoms with Crippen molar-refractivity contribution in [2.24, 2.45) is 0 Å². The van der Waals surface area contributed by atoms with Crippen molar-refractivity contribution in [3.05, 3.63) is 70.7 Å². The fourth-order valence-corrected chi connectivity index (χ4v) is 2.37. The molecule has 0 aliphatic heterocycles. The van der Waals surface area contributed by atoms with Crippen molar-refractivity contribution in [3.63, 3.8) is 0 Å². The van der Waals surface area contributed by atoms with Gasteiger partial charge in [-0.05, 0) is 31.0 Å². The molecule has 2 aromatic heterocycles. The Morgan fingerprint density at radius 1 is 1.05 bits per heavy atom. The van der Waals surface area contributed by atoms with Gasteiger partial charge >= 0.3 is 0 Å². The third-order valence-corrected chi connectivity index (χ3v) is 3.48. The molecular formula is C17H16N2O. The second kappa shape index (κ2) is 4.93. The molecule has 2 heterocycles. The van der Waals surface area contributed by atoms with E-state index in [1.54, 1.807) is 0 Å². The van der Waals surface area contributed by atoms with Gasteiger partial charge in [0.2, 0.25) is 0 Å². The zero-order chi connectivity index (χ0) is 14.1. The van der Waals surface area contributed by atoms with E-state index in [9.17, 15) is 4.79 Å². The van der Waals surface area contributed by atoms with E-state index in [1.807, 2.05) is 29.7 Å². The van der Waals surface area contributed by atoms with Gasteiger partial charge in [0.15, 0.2) is 6.29 Å². The summed E-state index contributed by atoms with van der Waals surface area (Å²) in [5.41, 5.74) is 5.80. The summed E-state index contributed by atoms with van der Waals surface area (Å²) >= 11 is 0. The molecule has 0 bridgehead atoms. The third-order valence-electron chi connectivity index (χ3n) is 3.48. The Morgan fingerprint density at radius 3 is 2.45 bits per heavy atom. The quantitative estimate of drug-likeness (QED) is 0.680. The smallest absolute Gasteiger partial charge is 0.168 e. The van der Waals surface area contributed by atoms with Gasteiger partial charge in [-0.1, -0.05) is 35.9 Å². The fourth-order valence-electron chi connectivity index (χ4n) is 2.37. The van der Waals surface area contributed by atoms with Crippen LogP contribution in [0.4, 0.5) is 0 Å². The molecule has 3 nitrogen and oxygen atoms in total. The summed E-state index contributed by atoms with van der Waals surface area (Å²) < 4.78 is 1.87. The Kier molecular flexibility index (Phi) is 3.11. The molecule has 0 amide bonds. The van der Waals surface area contributed by atoms with E-state index < -0.39 is 0 Å². The first-order valence-electron chi connectivity index (χ1n) is 6.65. The van der Waals surface area contributed by atoms with Crippen molar-refractivity contribution in [3.8, 4) is 0 Å². The number of carbonyl (C=O) groups is 1. The maximum atomic E-state index is 11.4. The Balaban J connectivity index is 2.06. The van der Waals surface area contributed by atoms with Gasteiger partial charge in [0.1, 0.15) is 11.3 Å². The van der Waals surface area contributed by atoms with Crippen LogP contribution in [0.25, 0.3) is 5.65 Å². The molecule has 100 valence electrons. The minimum absolute atomic E-state index is 0.643. The highest BCUT2D eigenvalue weighted by Gasteiger charge is 2.11. The standard InChI is InChI=1S/C17H16N2O/c1-12-3-6-14(7-4-12)9-15-16(11-20)19-10-13(2)5-8-17(19)18-15/h3-8,10-11H,9H2,1-2H3. The van der Waals surface area contributed by atoms with E-state index in [2.05, 4.69) is 36.2 Å². The summed E-state index contributed by atoms with van der Waals surface area (Å²) in [6, 6.07) is 12.3. The lowest BCUT2D eigenvalue weighted by molar-refractivity contribution is 0.111. The summed E-state index contributed by atoms with van der Waals surface area (Å²) in [4.78, 5) is 16.0. The van der Waals surface area contributed by atoms with Crippen LogP contribution >= 0.6 is 0 Å². The van der Waals surface area contributed by atoms with Crippen LogP contribution < -0.4 is 0 Å². The number of imidazole rings is 1. The first-order chi connectivity index (χ1) is 9.67. The van der Waals surface area contributed by atoms with Crippen molar-refractivity contribution in [2.45, 2.75) is 20.3 Å². The van der Waals surface area contributed by atoms with Crippen LogP contribution in [0, 0.1) is 13.8 Å². The van der Waals surface area contributed by atoms with Crippen molar-refractivity contribution < 1.29 is 4.79 Å². The van der Waals surface area contributed by atoms with Crippen LogP contribution in [0.3, 0.4) is 0 Å². The Morgan fingerprint density at radius 2 is 1.75 bits per heavy atom. The van der Waals surface area contributed by atoms with E-state index in [4.69, 9.17) is 0 Å². The highest BCUT2D eigenvalue weighted by molar-refractivity contribution is 5.76. The first kappa shape index (κ1) is 12.6. The number of carbonyl (C=O) groups excluding carboxylic acids is 1. The molecule has 0 radical (unpaired) electrons. The van der Waals surface area contributed by atoms with Crippen LogP contribution in [0.15, 0.2) is 42.6 Å². The molecule has 0 aliphatic rings. The molecule has 0 saturated carbocycles. The highest BCUT2D eigenvalue weighted by atomic mass is 16.1. The van der Waals surface area contributed by atoms with Gasteiger partial charge in [-0.25, -0.2) is 4.98 Å². The maximum Gasteiger partial charge on any atom is 0.168 e. The molecule has 3 rings (SSSR count). The monoisotopic (exact) mass is 264 g/mol. The number of nitrogens with zero attached hydrogens (tertiary/aromatic N) is 2. The van der Waals surface area contributed by atoms with Crippen molar-refractivity contribution in [1.82, 2.24) is 9.38 Å². The number of hydrogen-bond donors (Lipinski definition) is 0. The van der Waals surface area contributed by atoms with Gasteiger partial charge in [-0.15, -0.1) is 0 Å². The summed E-state index contributed by atoms with van der Waals surface area (Å²) in [5, 5.41) is 0. The lowest BCUT2D eigenvalue weighted by atomic mass is 10.1. The summed E-state index contributed by atoms with van der Waals surface area (Å²) in [7, 11) is 0. The molecule has 3 aromatic rings. The van der Waals surface area contributed by atoms with Crippen LogP contribution in [0.2, 0.25) is 0 Å². The van der Waals surface area contributed by atoms with E-state index in [0.29, 0.717) is 12.1 Å². The minimum Gasteiger partial charge on any atom is -0.297 e. The normalized spacial score (nSPS) is 10.9. The molecule has 1 aromatic carbocycles. The zero-order valence-electron chi connectivity index (χ0n) is 11.6. The number of aromatic nitrogens is 2. The largest absolute Gasteiger partial charge is 0.297 e.